The maximum Gasteiger partial charge on any atom is 0.251 e. The van der Waals surface area contributed by atoms with Crippen molar-refractivity contribution in [1.82, 2.24) is 4.90 Å². The Hall–Kier alpha value is -0.830. The first-order chi connectivity index (χ1) is 6.15. The SMILES string of the molecule is COC(C)C(=O)N1CC=C(C)CC1. The monoisotopic (exact) mass is 183 g/mol. The molecule has 0 aliphatic carbocycles. The fourth-order valence-corrected chi connectivity index (χ4v) is 1.33. The van der Waals surface area contributed by atoms with Gasteiger partial charge in [0.2, 0.25) is 0 Å². The van der Waals surface area contributed by atoms with Gasteiger partial charge in [0.15, 0.2) is 0 Å². The second-order valence-electron chi connectivity index (χ2n) is 3.46. The Morgan fingerprint density at radius 2 is 2.38 bits per heavy atom. The van der Waals surface area contributed by atoms with E-state index >= 15 is 0 Å². The zero-order valence-corrected chi connectivity index (χ0v) is 8.54. The number of nitrogens with zero attached hydrogens (tertiary/aromatic N) is 1. The highest BCUT2D eigenvalue weighted by Gasteiger charge is 2.20. The van der Waals surface area contributed by atoms with E-state index in [0.717, 1.165) is 19.5 Å². The summed E-state index contributed by atoms with van der Waals surface area (Å²) < 4.78 is 4.98. The molecule has 0 N–H and O–H groups in total. The topological polar surface area (TPSA) is 29.5 Å². The molecule has 0 bridgehead atoms. The first kappa shape index (κ1) is 10.3. The molecule has 0 spiro atoms. The highest BCUT2D eigenvalue weighted by atomic mass is 16.5. The summed E-state index contributed by atoms with van der Waals surface area (Å²) in [5.74, 6) is 0.0891. The van der Waals surface area contributed by atoms with Crippen LogP contribution < -0.4 is 0 Å². The number of carbonyl (C=O) groups excluding carboxylic acids is 1. The summed E-state index contributed by atoms with van der Waals surface area (Å²) in [7, 11) is 1.56. The lowest BCUT2D eigenvalue weighted by Crippen LogP contribution is -2.40. The van der Waals surface area contributed by atoms with Gasteiger partial charge in [0, 0.05) is 20.2 Å². The molecule has 1 unspecified atom stereocenters. The molecule has 1 rings (SSSR count). The van der Waals surface area contributed by atoms with Gasteiger partial charge in [-0.15, -0.1) is 0 Å². The van der Waals surface area contributed by atoms with Crippen LogP contribution in [0.2, 0.25) is 0 Å². The Balaban J connectivity index is 2.50. The van der Waals surface area contributed by atoms with E-state index in [2.05, 4.69) is 13.0 Å². The van der Waals surface area contributed by atoms with Crippen LogP contribution in [0.15, 0.2) is 11.6 Å². The van der Waals surface area contributed by atoms with Gasteiger partial charge in [-0.3, -0.25) is 4.79 Å². The zero-order valence-electron chi connectivity index (χ0n) is 8.54. The largest absolute Gasteiger partial charge is 0.372 e. The number of methoxy groups -OCH3 is 1. The third kappa shape index (κ3) is 2.56. The smallest absolute Gasteiger partial charge is 0.251 e. The van der Waals surface area contributed by atoms with E-state index in [1.165, 1.54) is 5.57 Å². The van der Waals surface area contributed by atoms with E-state index in [0.29, 0.717) is 0 Å². The molecule has 13 heavy (non-hydrogen) atoms. The molecule has 3 nitrogen and oxygen atoms in total. The second kappa shape index (κ2) is 4.42. The van der Waals surface area contributed by atoms with Gasteiger partial charge < -0.3 is 9.64 Å². The summed E-state index contributed by atoms with van der Waals surface area (Å²) in [5.41, 5.74) is 1.37. The van der Waals surface area contributed by atoms with E-state index < -0.39 is 0 Å². The van der Waals surface area contributed by atoms with Gasteiger partial charge >= 0.3 is 0 Å². The molecule has 1 atom stereocenters. The van der Waals surface area contributed by atoms with Crippen molar-refractivity contribution < 1.29 is 9.53 Å². The highest BCUT2D eigenvalue weighted by Crippen LogP contribution is 2.11. The predicted molar refractivity (Wildman–Crippen MR) is 51.4 cm³/mol. The normalized spacial score (nSPS) is 19.6. The van der Waals surface area contributed by atoms with E-state index in [-0.39, 0.29) is 12.0 Å². The molecule has 0 aromatic heterocycles. The van der Waals surface area contributed by atoms with E-state index in [1.54, 1.807) is 14.0 Å². The van der Waals surface area contributed by atoms with Crippen LogP contribution in [0.25, 0.3) is 0 Å². The van der Waals surface area contributed by atoms with Crippen molar-refractivity contribution in [3.63, 3.8) is 0 Å². The lowest BCUT2D eigenvalue weighted by Gasteiger charge is -2.27. The van der Waals surface area contributed by atoms with Crippen LogP contribution in [0, 0.1) is 0 Å². The molecule has 1 aliphatic heterocycles. The molecule has 1 aliphatic rings. The Bertz CT molecular complexity index is 223. The maximum atomic E-state index is 11.6. The molecule has 0 saturated carbocycles. The summed E-state index contributed by atoms with van der Waals surface area (Å²) in [6, 6.07) is 0. The highest BCUT2D eigenvalue weighted by molar-refractivity contribution is 5.80. The summed E-state index contributed by atoms with van der Waals surface area (Å²) in [4.78, 5) is 13.4. The van der Waals surface area contributed by atoms with Crippen LogP contribution >= 0.6 is 0 Å². The molecule has 0 aromatic rings. The summed E-state index contributed by atoms with van der Waals surface area (Å²) in [6.45, 7) is 5.45. The first-order valence-corrected chi connectivity index (χ1v) is 4.62. The minimum atomic E-state index is -0.313. The Morgan fingerprint density at radius 3 is 2.85 bits per heavy atom. The van der Waals surface area contributed by atoms with Crippen LogP contribution in [0.3, 0.4) is 0 Å². The molecule has 1 heterocycles. The number of amides is 1. The van der Waals surface area contributed by atoms with Crippen LogP contribution in [-0.4, -0.2) is 37.1 Å². The first-order valence-electron chi connectivity index (χ1n) is 4.62. The van der Waals surface area contributed by atoms with Crippen molar-refractivity contribution in [1.29, 1.82) is 0 Å². The molecule has 3 heteroatoms. The fraction of sp³-hybridized carbons (Fsp3) is 0.700. The van der Waals surface area contributed by atoms with Gasteiger partial charge in [-0.1, -0.05) is 11.6 Å². The van der Waals surface area contributed by atoms with E-state index in [4.69, 9.17) is 4.74 Å². The summed E-state index contributed by atoms with van der Waals surface area (Å²) in [6.07, 6.45) is 2.78. The van der Waals surface area contributed by atoms with E-state index in [9.17, 15) is 4.79 Å². The maximum absolute atomic E-state index is 11.6. The number of hydrogen-bond donors (Lipinski definition) is 0. The van der Waals surface area contributed by atoms with Crippen LogP contribution in [0.5, 0.6) is 0 Å². The zero-order chi connectivity index (χ0) is 9.84. The van der Waals surface area contributed by atoms with Gasteiger partial charge in [0.05, 0.1) is 0 Å². The lowest BCUT2D eigenvalue weighted by molar-refractivity contribution is -0.140. The fourth-order valence-electron chi connectivity index (χ4n) is 1.33. The van der Waals surface area contributed by atoms with Crippen molar-refractivity contribution in [3.8, 4) is 0 Å². The molecular weight excluding hydrogens is 166 g/mol. The molecule has 0 saturated heterocycles. The summed E-state index contributed by atoms with van der Waals surface area (Å²) in [5, 5.41) is 0. The molecule has 0 radical (unpaired) electrons. The summed E-state index contributed by atoms with van der Waals surface area (Å²) >= 11 is 0. The molecule has 74 valence electrons. The third-order valence-corrected chi connectivity index (χ3v) is 2.45. The average molecular weight is 183 g/mol. The number of hydrogen-bond acceptors (Lipinski definition) is 2. The Labute approximate surface area is 79.4 Å². The van der Waals surface area contributed by atoms with Gasteiger partial charge in [-0.25, -0.2) is 0 Å². The quantitative estimate of drug-likeness (QED) is 0.602. The van der Waals surface area contributed by atoms with E-state index in [1.807, 2.05) is 4.90 Å². The predicted octanol–water partition coefficient (Wildman–Crippen LogP) is 1.20. The van der Waals surface area contributed by atoms with Crippen LogP contribution in [0.4, 0.5) is 0 Å². The molecular formula is C10H17NO2. The van der Waals surface area contributed by atoms with Crippen molar-refractivity contribution in [3.05, 3.63) is 11.6 Å². The number of ether oxygens (including phenoxy) is 1. The lowest BCUT2D eigenvalue weighted by atomic mass is 10.1. The number of rotatable bonds is 2. The van der Waals surface area contributed by atoms with Gasteiger partial charge in [-0.2, -0.15) is 0 Å². The van der Waals surface area contributed by atoms with Crippen LogP contribution in [-0.2, 0) is 9.53 Å². The van der Waals surface area contributed by atoms with Gasteiger partial charge in [0.1, 0.15) is 6.10 Å². The standard InChI is InChI=1S/C10H17NO2/c1-8-4-6-11(7-5-8)10(12)9(2)13-3/h4,9H,5-7H2,1-3H3. The minimum Gasteiger partial charge on any atom is -0.372 e. The molecule has 1 amide bonds. The Morgan fingerprint density at radius 1 is 1.69 bits per heavy atom. The van der Waals surface area contributed by atoms with Crippen molar-refractivity contribution >= 4 is 5.91 Å². The molecule has 0 aromatic carbocycles. The van der Waals surface area contributed by atoms with Crippen molar-refractivity contribution in [2.75, 3.05) is 20.2 Å². The van der Waals surface area contributed by atoms with Crippen LogP contribution in [0.1, 0.15) is 20.3 Å². The van der Waals surface area contributed by atoms with Crippen molar-refractivity contribution in [2.24, 2.45) is 0 Å². The van der Waals surface area contributed by atoms with Crippen molar-refractivity contribution in [2.45, 2.75) is 26.4 Å². The number of carbonyl (C=O) groups is 1. The third-order valence-electron chi connectivity index (χ3n) is 2.45. The average Bonchev–Trinajstić information content (AvgIpc) is 2.17. The molecule has 0 fully saturated rings. The van der Waals surface area contributed by atoms with Gasteiger partial charge in [0.25, 0.3) is 5.91 Å². The Kier molecular flexibility index (Phi) is 3.48. The second-order valence-corrected chi connectivity index (χ2v) is 3.46. The minimum absolute atomic E-state index is 0.0891. The van der Waals surface area contributed by atoms with Gasteiger partial charge in [-0.05, 0) is 20.3 Å².